The van der Waals surface area contributed by atoms with Crippen molar-refractivity contribution in [3.63, 3.8) is 0 Å². The van der Waals surface area contributed by atoms with E-state index in [0.29, 0.717) is 11.3 Å². The maximum absolute atomic E-state index is 12.2. The first-order chi connectivity index (χ1) is 5.84. The van der Waals surface area contributed by atoms with E-state index in [0.717, 1.165) is 5.38 Å². The van der Waals surface area contributed by atoms with Crippen LogP contribution in [-0.2, 0) is 6.18 Å². The summed E-state index contributed by atoms with van der Waals surface area (Å²) in [5, 5.41) is 0.565. The van der Waals surface area contributed by atoms with Crippen molar-refractivity contribution in [2.75, 3.05) is 5.73 Å². The monoisotopic (exact) mass is 210 g/mol. The van der Waals surface area contributed by atoms with Crippen molar-refractivity contribution in [3.8, 4) is 0 Å². The molecule has 0 saturated heterocycles. The van der Waals surface area contributed by atoms with Crippen LogP contribution in [0.2, 0.25) is 0 Å². The van der Waals surface area contributed by atoms with Gasteiger partial charge in [0.2, 0.25) is 0 Å². The first-order valence-electron chi connectivity index (χ1n) is 3.08. The molecular formula is C6H5F3N2OS. The zero-order valence-corrected chi connectivity index (χ0v) is 7.00. The van der Waals surface area contributed by atoms with E-state index in [-0.39, 0.29) is 5.00 Å². The Morgan fingerprint density at radius 3 is 2.31 bits per heavy atom. The van der Waals surface area contributed by atoms with Gasteiger partial charge in [-0.05, 0) is 0 Å². The average Bonchev–Trinajstić information content (AvgIpc) is 2.28. The van der Waals surface area contributed by atoms with Crippen molar-refractivity contribution in [2.24, 2.45) is 5.73 Å². The van der Waals surface area contributed by atoms with Crippen LogP contribution in [0.4, 0.5) is 18.2 Å². The molecule has 1 heterocycles. The molecule has 7 heteroatoms. The first kappa shape index (κ1) is 9.85. The van der Waals surface area contributed by atoms with Crippen molar-refractivity contribution in [1.29, 1.82) is 0 Å². The minimum atomic E-state index is -4.58. The quantitative estimate of drug-likeness (QED) is 0.736. The molecule has 0 bridgehead atoms. The Morgan fingerprint density at radius 1 is 1.46 bits per heavy atom. The molecule has 0 radical (unpaired) electrons. The molecule has 1 rings (SSSR count). The Labute approximate surface area is 75.1 Å². The number of carbonyl (C=O) groups is 1. The van der Waals surface area contributed by atoms with Crippen LogP contribution in [0, 0.1) is 0 Å². The number of amides is 1. The molecule has 0 aromatic carbocycles. The van der Waals surface area contributed by atoms with Gasteiger partial charge >= 0.3 is 6.18 Å². The van der Waals surface area contributed by atoms with Gasteiger partial charge in [0.25, 0.3) is 5.91 Å². The Bertz CT molecular complexity index is 344. The van der Waals surface area contributed by atoms with Gasteiger partial charge in [0.1, 0.15) is 0 Å². The van der Waals surface area contributed by atoms with Gasteiger partial charge < -0.3 is 11.5 Å². The molecule has 0 saturated carbocycles. The number of hydrogen-bond acceptors (Lipinski definition) is 3. The second-order valence-corrected chi connectivity index (χ2v) is 3.16. The number of hydrogen-bond donors (Lipinski definition) is 2. The van der Waals surface area contributed by atoms with E-state index in [2.05, 4.69) is 0 Å². The fourth-order valence-corrected chi connectivity index (χ4v) is 1.66. The highest BCUT2D eigenvalue weighted by Crippen LogP contribution is 2.37. The van der Waals surface area contributed by atoms with E-state index in [1.54, 1.807) is 0 Å². The number of carbonyl (C=O) groups excluding carboxylic acids is 1. The number of primary amides is 1. The Hall–Kier alpha value is -1.24. The van der Waals surface area contributed by atoms with Crippen molar-refractivity contribution in [3.05, 3.63) is 16.5 Å². The van der Waals surface area contributed by atoms with Gasteiger partial charge in [0, 0.05) is 5.38 Å². The second-order valence-electron chi connectivity index (χ2n) is 2.25. The van der Waals surface area contributed by atoms with Crippen LogP contribution in [0.1, 0.15) is 15.9 Å². The summed E-state index contributed by atoms with van der Waals surface area (Å²) in [7, 11) is 0. The van der Waals surface area contributed by atoms with Crippen molar-refractivity contribution >= 4 is 22.2 Å². The van der Waals surface area contributed by atoms with Gasteiger partial charge in [0.15, 0.2) is 0 Å². The Morgan fingerprint density at radius 2 is 2.00 bits per heavy atom. The maximum Gasteiger partial charge on any atom is 0.418 e. The number of thiophene rings is 1. The minimum absolute atomic E-state index is 0.208. The summed E-state index contributed by atoms with van der Waals surface area (Å²) >= 11 is 0.643. The Balaban J connectivity index is 3.31. The number of anilines is 1. The smallest absolute Gasteiger partial charge is 0.390 e. The lowest BCUT2D eigenvalue weighted by atomic mass is 10.2. The normalized spacial score (nSPS) is 11.6. The van der Waals surface area contributed by atoms with Crippen LogP contribution in [0.15, 0.2) is 5.38 Å². The minimum Gasteiger partial charge on any atom is -0.390 e. The zero-order valence-electron chi connectivity index (χ0n) is 6.18. The van der Waals surface area contributed by atoms with Crippen LogP contribution in [0.25, 0.3) is 0 Å². The lowest BCUT2D eigenvalue weighted by Gasteiger charge is -2.05. The molecule has 13 heavy (non-hydrogen) atoms. The van der Waals surface area contributed by atoms with Gasteiger partial charge in [-0.15, -0.1) is 11.3 Å². The van der Waals surface area contributed by atoms with E-state index in [1.807, 2.05) is 0 Å². The molecule has 72 valence electrons. The number of nitrogen functional groups attached to an aromatic ring is 1. The molecule has 0 fully saturated rings. The summed E-state index contributed by atoms with van der Waals surface area (Å²) in [4.78, 5) is 10.6. The SMILES string of the molecule is NC(=O)c1c(C(F)(F)F)csc1N. The fraction of sp³-hybridized carbons (Fsp3) is 0.167. The van der Waals surface area contributed by atoms with Crippen LogP contribution < -0.4 is 11.5 Å². The highest BCUT2D eigenvalue weighted by Gasteiger charge is 2.37. The average molecular weight is 210 g/mol. The predicted octanol–water partition coefficient (Wildman–Crippen LogP) is 1.45. The van der Waals surface area contributed by atoms with Crippen LogP contribution >= 0.6 is 11.3 Å². The summed E-state index contributed by atoms with van der Waals surface area (Å²) in [5.74, 6) is -1.16. The van der Waals surface area contributed by atoms with Gasteiger partial charge in [-0.25, -0.2) is 0 Å². The molecule has 0 aliphatic carbocycles. The molecule has 4 N–H and O–H groups in total. The zero-order chi connectivity index (χ0) is 10.2. The van der Waals surface area contributed by atoms with Gasteiger partial charge in [0.05, 0.1) is 16.1 Å². The standard InChI is InChI=1S/C6H5F3N2OS/c7-6(8,9)2-1-13-5(11)3(2)4(10)12/h1H,11H2,(H2,10,12). The molecule has 1 aromatic heterocycles. The van der Waals surface area contributed by atoms with E-state index >= 15 is 0 Å². The third kappa shape index (κ3) is 1.74. The summed E-state index contributed by atoms with van der Waals surface area (Å²) in [6, 6.07) is 0. The summed E-state index contributed by atoms with van der Waals surface area (Å²) in [6.07, 6.45) is -4.58. The maximum atomic E-state index is 12.2. The molecule has 0 atom stereocenters. The lowest BCUT2D eigenvalue weighted by molar-refractivity contribution is -0.137. The van der Waals surface area contributed by atoms with E-state index in [1.165, 1.54) is 0 Å². The Kier molecular flexibility index (Phi) is 2.21. The predicted molar refractivity (Wildman–Crippen MR) is 42.3 cm³/mol. The molecule has 0 spiro atoms. The van der Waals surface area contributed by atoms with Gasteiger partial charge in [-0.3, -0.25) is 4.79 Å². The number of alkyl halides is 3. The molecule has 0 unspecified atom stereocenters. The van der Waals surface area contributed by atoms with E-state index in [9.17, 15) is 18.0 Å². The van der Waals surface area contributed by atoms with E-state index in [4.69, 9.17) is 11.5 Å². The molecule has 1 amide bonds. The number of halogens is 3. The summed E-state index contributed by atoms with van der Waals surface area (Å²) in [5.41, 5.74) is 8.19. The van der Waals surface area contributed by atoms with Crippen LogP contribution in [0.3, 0.4) is 0 Å². The fourth-order valence-electron chi connectivity index (χ4n) is 0.836. The highest BCUT2D eigenvalue weighted by atomic mass is 32.1. The largest absolute Gasteiger partial charge is 0.418 e. The summed E-state index contributed by atoms with van der Waals surface area (Å²) in [6.45, 7) is 0. The molecule has 3 nitrogen and oxygen atoms in total. The second kappa shape index (κ2) is 2.91. The highest BCUT2D eigenvalue weighted by molar-refractivity contribution is 7.14. The van der Waals surface area contributed by atoms with Crippen molar-refractivity contribution < 1.29 is 18.0 Å². The van der Waals surface area contributed by atoms with Crippen molar-refractivity contribution in [2.45, 2.75) is 6.18 Å². The molecular weight excluding hydrogens is 205 g/mol. The number of nitrogens with two attached hydrogens (primary N) is 2. The lowest BCUT2D eigenvalue weighted by Crippen LogP contribution is -2.18. The van der Waals surface area contributed by atoms with Crippen molar-refractivity contribution in [1.82, 2.24) is 0 Å². The number of rotatable bonds is 1. The first-order valence-corrected chi connectivity index (χ1v) is 3.96. The molecule has 0 aliphatic rings. The molecule has 1 aromatic rings. The van der Waals surface area contributed by atoms with Crippen LogP contribution in [0.5, 0.6) is 0 Å². The van der Waals surface area contributed by atoms with Gasteiger partial charge in [-0.1, -0.05) is 0 Å². The third-order valence-corrected chi connectivity index (χ3v) is 2.18. The third-order valence-electron chi connectivity index (χ3n) is 1.37. The summed E-state index contributed by atoms with van der Waals surface area (Å²) < 4.78 is 36.5. The van der Waals surface area contributed by atoms with E-state index < -0.39 is 23.2 Å². The van der Waals surface area contributed by atoms with Gasteiger partial charge in [-0.2, -0.15) is 13.2 Å². The topological polar surface area (TPSA) is 69.1 Å². The van der Waals surface area contributed by atoms with Crippen LogP contribution in [-0.4, -0.2) is 5.91 Å². The molecule has 0 aliphatic heterocycles.